The summed E-state index contributed by atoms with van der Waals surface area (Å²) in [5, 5.41) is 9.43. The smallest absolute Gasteiger partial charge is 0.127 e. The molecule has 0 aromatic carbocycles. The minimum atomic E-state index is -0.190. The molecule has 0 bridgehead atoms. The highest BCUT2D eigenvalue weighted by atomic mass is 79.9. The van der Waals surface area contributed by atoms with Gasteiger partial charge in [0.05, 0.1) is 11.8 Å². The second-order valence-corrected chi connectivity index (χ2v) is 3.95. The third-order valence-electron chi connectivity index (χ3n) is 2.33. The number of hydrogen-bond acceptors (Lipinski definition) is 2. The van der Waals surface area contributed by atoms with Gasteiger partial charge >= 0.3 is 0 Å². The SMILES string of the molecule is Cc1nc(Br)c2n1CCC(O)C2. The van der Waals surface area contributed by atoms with Gasteiger partial charge in [-0.2, -0.15) is 0 Å². The number of aliphatic hydroxyl groups excluding tert-OH is 1. The van der Waals surface area contributed by atoms with Crippen molar-refractivity contribution in [2.24, 2.45) is 0 Å². The number of aryl methyl sites for hydroxylation is 1. The lowest BCUT2D eigenvalue weighted by Crippen LogP contribution is -2.23. The maximum absolute atomic E-state index is 9.43. The number of fused-ring (bicyclic) bond motifs is 1. The van der Waals surface area contributed by atoms with Crippen molar-refractivity contribution in [1.29, 1.82) is 0 Å². The molecule has 0 saturated heterocycles. The van der Waals surface area contributed by atoms with Gasteiger partial charge < -0.3 is 9.67 Å². The van der Waals surface area contributed by atoms with E-state index in [0.29, 0.717) is 0 Å². The largest absolute Gasteiger partial charge is 0.393 e. The van der Waals surface area contributed by atoms with Gasteiger partial charge in [0.15, 0.2) is 0 Å². The first-order valence-corrected chi connectivity index (χ1v) is 4.87. The van der Waals surface area contributed by atoms with Crippen molar-refractivity contribution in [2.75, 3.05) is 0 Å². The summed E-state index contributed by atoms with van der Waals surface area (Å²) in [7, 11) is 0. The van der Waals surface area contributed by atoms with Crippen LogP contribution in [0.15, 0.2) is 4.60 Å². The summed E-state index contributed by atoms with van der Waals surface area (Å²) in [6, 6.07) is 0. The number of aliphatic hydroxyl groups is 1. The molecule has 2 heterocycles. The van der Waals surface area contributed by atoms with E-state index in [0.717, 1.165) is 35.5 Å². The van der Waals surface area contributed by atoms with Crippen molar-refractivity contribution >= 4 is 15.9 Å². The maximum atomic E-state index is 9.43. The highest BCUT2D eigenvalue weighted by Crippen LogP contribution is 2.24. The number of halogens is 1. The van der Waals surface area contributed by atoms with Gasteiger partial charge in [0.25, 0.3) is 0 Å². The molecule has 1 unspecified atom stereocenters. The summed E-state index contributed by atoms with van der Waals surface area (Å²) in [6.07, 6.45) is 1.38. The standard InChI is InChI=1S/C8H11BrN2O/c1-5-10-8(9)7-4-6(12)2-3-11(5)7/h6,12H,2-4H2,1H3. The second-order valence-electron chi connectivity index (χ2n) is 3.19. The van der Waals surface area contributed by atoms with E-state index in [1.165, 1.54) is 0 Å². The molecule has 1 aliphatic rings. The number of imidazole rings is 1. The predicted molar refractivity (Wildman–Crippen MR) is 49.0 cm³/mol. The Morgan fingerprint density at radius 3 is 3.17 bits per heavy atom. The number of aromatic nitrogens is 2. The third-order valence-corrected chi connectivity index (χ3v) is 2.96. The van der Waals surface area contributed by atoms with E-state index in [1.54, 1.807) is 0 Å². The molecule has 0 radical (unpaired) electrons. The molecule has 0 saturated carbocycles. The van der Waals surface area contributed by atoms with Crippen molar-refractivity contribution in [3.8, 4) is 0 Å². The summed E-state index contributed by atoms with van der Waals surface area (Å²) in [5.74, 6) is 1.03. The van der Waals surface area contributed by atoms with E-state index in [1.807, 2.05) is 6.92 Å². The summed E-state index contributed by atoms with van der Waals surface area (Å²) < 4.78 is 3.05. The van der Waals surface area contributed by atoms with Crippen LogP contribution in [0.25, 0.3) is 0 Å². The second kappa shape index (κ2) is 2.85. The van der Waals surface area contributed by atoms with Crippen LogP contribution < -0.4 is 0 Å². The van der Waals surface area contributed by atoms with Crippen LogP contribution in [0.3, 0.4) is 0 Å². The molecule has 1 atom stereocenters. The highest BCUT2D eigenvalue weighted by molar-refractivity contribution is 9.10. The Balaban J connectivity index is 2.45. The van der Waals surface area contributed by atoms with Gasteiger partial charge in [-0.3, -0.25) is 0 Å². The average molecular weight is 231 g/mol. The van der Waals surface area contributed by atoms with Crippen LogP contribution in [0.1, 0.15) is 17.9 Å². The van der Waals surface area contributed by atoms with Crippen LogP contribution >= 0.6 is 15.9 Å². The molecule has 1 aliphatic heterocycles. The Morgan fingerprint density at radius 2 is 2.42 bits per heavy atom. The summed E-state index contributed by atoms with van der Waals surface area (Å²) in [6.45, 7) is 2.88. The Morgan fingerprint density at radius 1 is 1.67 bits per heavy atom. The molecule has 1 aromatic rings. The van der Waals surface area contributed by atoms with Gasteiger partial charge in [-0.1, -0.05) is 0 Å². The normalized spacial score (nSPS) is 22.4. The van der Waals surface area contributed by atoms with Gasteiger partial charge in [-0.05, 0) is 29.3 Å². The van der Waals surface area contributed by atoms with E-state index in [4.69, 9.17) is 0 Å². The Hall–Kier alpha value is -0.350. The van der Waals surface area contributed by atoms with E-state index in [2.05, 4.69) is 25.5 Å². The zero-order chi connectivity index (χ0) is 8.72. The van der Waals surface area contributed by atoms with Crippen LogP contribution in [-0.4, -0.2) is 20.8 Å². The Kier molecular flexibility index (Phi) is 1.96. The molecule has 66 valence electrons. The lowest BCUT2D eigenvalue weighted by atomic mass is 10.1. The van der Waals surface area contributed by atoms with Gasteiger partial charge in [0.2, 0.25) is 0 Å². The molecule has 3 nitrogen and oxygen atoms in total. The van der Waals surface area contributed by atoms with E-state index >= 15 is 0 Å². The van der Waals surface area contributed by atoms with Crippen molar-refractivity contribution in [3.63, 3.8) is 0 Å². The first-order valence-electron chi connectivity index (χ1n) is 4.08. The van der Waals surface area contributed by atoms with Crippen molar-refractivity contribution in [1.82, 2.24) is 9.55 Å². The fourth-order valence-corrected chi connectivity index (χ4v) is 2.30. The third kappa shape index (κ3) is 1.19. The molecule has 0 amide bonds. The topological polar surface area (TPSA) is 38.0 Å². The predicted octanol–water partition coefficient (Wildman–Crippen LogP) is 1.26. The highest BCUT2D eigenvalue weighted by Gasteiger charge is 2.21. The van der Waals surface area contributed by atoms with Gasteiger partial charge in [0, 0.05) is 13.0 Å². The first kappa shape index (κ1) is 8.26. The molecule has 0 fully saturated rings. The molecule has 12 heavy (non-hydrogen) atoms. The van der Waals surface area contributed by atoms with Gasteiger partial charge in [-0.25, -0.2) is 4.98 Å². The van der Waals surface area contributed by atoms with Crippen molar-refractivity contribution in [3.05, 3.63) is 16.1 Å². The average Bonchev–Trinajstić information content (AvgIpc) is 2.28. The zero-order valence-corrected chi connectivity index (χ0v) is 8.50. The monoisotopic (exact) mass is 230 g/mol. The van der Waals surface area contributed by atoms with Crippen molar-refractivity contribution < 1.29 is 5.11 Å². The maximum Gasteiger partial charge on any atom is 0.127 e. The Bertz CT molecular complexity index is 308. The summed E-state index contributed by atoms with van der Waals surface area (Å²) in [5.41, 5.74) is 1.13. The van der Waals surface area contributed by atoms with Crippen LogP contribution in [-0.2, 0) is 13.0 Å². The zero-order valence-electron chi connectivity index (χ0n) is 6.92. The first-order chi connectivity index (χ1) is 5.68. The molecule has 2 rings (SSSR count). The molecular weight excluding hydrogens is 220 g/mol. The van der Waals surface area contributed by atoms with Crippen LogP contribution in [0.5, 0.6) is 0 Å². The van der Waals surface area contributed by atoms with E-state index in [9.17, 15) is 5.11 Å². The van der Waals surface area contributed by atoms with Crippen LogP contribution in [0, 0.1) is 6.92 Å². The number of hydrogen-bond donors (Lipinski definition) is 1. The van der Waals surface area contributed by atoms with Crippen LogP contribution in [0.2, 0.25) is 0 Å². The summed E-state index contributed by atoms with van der Waals surface area (Å²) in [4.78, 5) is 4.30. The molecule has 0 spiro atoms. The molecule has 4 heteroatoms. The number of nitrogens with zero attached hydrogens (tertiary/aromatic N) is 2. The lowest BCUT2D eigenvalue weighted by molar-refractivity contribution is 0.143. The van der Waals surface area contributed by atoms with Crippen LogP contribution in [0.4, 0.5) is 0 Å². The Labute approximate surface area is 79.6 Å². The number of rotatable bonds is 0. The fraction of sp³-hybridized carbons (Fsp3) is 0.625. The van der Waals surface area contributed by atoms with E-state index < -0.39 is 0 Å². The lowest BCUT2D eigenvalue weighted by Gasteiger charge is -2.20. The molecule has 1 aromatic heterocycles. The molecule has 0 aliphatic carbocycles. The van der Waals surface area contributed by atoms with E-state index in [-0.39, 0.29) is 6.10 Å². The molecule has 1 N–H and O–H groups in total. The van der Waals surface area contributed by atoms with Gasteiger partial charge in [-0.15, -0.1) is 0 Å². The minimum absolute atomic E-state index is 0.190. The minimum Gasteiger partial charge on any atom is -0.393 e. The molecular formula is C8H11BrN2O. The van der Waals surface area contributed by atoms with Crippen molar-refractivity contribution in [2.45, 2.75) is 32.4 Å². The quantitative estimate of drug-likeness (QED) is 0.729. The fourth-order valence-electron chi connectivity index (χ4n) is 1.67. The van der Waals surface area contributed by atoms with Gasteiger partial charge in [0.1, 0.15) is 10.4 Å². The summed E-state index contributed by atoms with van der Waals surface area (Å²) >= 11 is 3.39.